The van der Waals surface area contributed by atoms with Gasteiger partial charge >= 0.3 is 0 Å². The van der Waals surface area contributed by atoms with Crippen molar-refractivity contribution in [3.05, 3.63) is 70.8 Å². The SMILES string of the molecule is CNC(=O)C(C(=O)NO)N(C)C(=O)c1ccc(C#Cc2ccc(CN(C)C3CCC3)cc2)cc1. The molecule has 2 aromatic carbocycles. The lowest BCUT2D eigenvalue weighted by Gasteiger charge is -2.34. The van der Waals surface area contributed by atoms with Gasteiger partial charge in [0.1, 0.15) is 0 Å². The molecule has 3 N–H and O–H groups in total. The second-order valence-corrected chi connectivity index (χ2v) is 8.43. The van der Waals surface area contributed by atoms with Gasteiger partial charge in [-0.3, -0.25) is 24.5 Å². The van der Waals surface area contributed by atoms with Crippen LogP contribution in [0.25, 0.3) is 0 Å². The molecular formula is C26H30N4O4. The number of hydrogen-bond donors (Lipinski definition) is 3. The van der Waals surface area contributed by atoms with Crippen molar-refractivity contribution < 1.29 is 19.6 Å². The zero-order chi connectivity index (χ0) is 24.7. The van der Waals surface area contributed by atoms with E-state index in [1.54, 1.807) is 24.3 Å². The van der Waals surface area contributed by atoms with Crippen molar-refractivity contribution in [2.75, 3.05) is 21.1 Å². The van der Waals surface area contributed by atoms with E-state index in [4.69, 9.17) is 5.21 Å². The molecule has 0 radical (unpaired) electrons. The molecule has 1 aliphatic carbocycles. The highest BCUT2D eigenvalue weighted by molar-refractivity contribution is 6.08. The van der Waals surface area contributed by atoms with Gasteiger partial charge in [-0.25, -0.2) is 5.48 Å². The van der Waals surface area contributed by atoms with Crippen molar-refractivity contribution in [1.29, 1.82) is 0 Å². The topological polar surface area (TPSA) is 102 Å². The molecular weight excluding hydrogens is 432 g/mol. The molecule has 3 amide bonds. The Morgan fingerprint density at radius 2 is 1.53 bits per heavy atom. The minimum atomic E-state index is -1.50. The molecule has 0 heterocycles. The predicted molar refractivity (Wildman–Crippen MR) is 128 cm³/mol. The van der Waals surface area contributed by atoms with Crippen LogP contribution in [-0.4, -0.2) is 66.0 Å². The maximum absolute atomic E-state index is 12.7. The third-order valence-electron chi connectivity index (χ3n) is 6.13. The molecule has 0 aromatic heterocycles. The van der Waals surface area contributed by atoms with E-state index in [2.05, 4.69) is 41.2 Å². The molecule has 0 spiro atoms. The van der Waals surface area contributed by atoms with E-state index < -0.39 is 23.8 Å². The predicted octanol–water partition coefficient (Wildman–Crippen LogP) is 1.76. The fraction of sp³-hybridized carbons (Fsp3) is 0.346. The number of rotatable bonds is 7. The largest absolute Gasteiger partial charge is 0.357 e. The number of hydroxylamine groups is 1. The molecule has 8 nitrogen and oxygen atoms in total. The van der Waals surface area contributed by atoms with Crippen molar-refractivity contribution in [1.82, 2.24) is 20.6 Å². The number of benzene rings is 2. The van der Waals surface area contributed by atoms with Crippen LogP contribution in [0.15, 0.2) is 48.5 Å². The Bertz CT molecular complexity index is 1070. The van der Waals surface area contributed by atoms with Crippen molar-refractivity contribution >= 4 is 17.7 Å². The van der Waals surface area contributed by atoms with Gasteiger partial charge in [0.2, 0.25) is 0 Å². The van der Waals surface area contributed by atoms with E-state index in [1.807, 2.05) is 12.1 Å². The summed E-state index contributed by atoms with van der Waals surface area (Å²) in [6.07, 6.45) is 3.90. The first-order chi connectivity index (χ1) is 16.3. The molecule has 8 heteroatoms. The van der Waals surface area contributed by atoms with Crippen LogP contribution in [-0.2, 0) is 16.1 Å². The van der Waals surface area contributed by atoms with Gasteiger partial charge in [-0.2, -0.15) is 0 Å². The number of hydrogen-bond acceptors (Lipinski definition) is 5. The average Bonchev–Trinajstić information content (AvgIpc) is 2.82. The second kappa shape index (κ2) is 11.5. The number of nitrogens with one attached hydrogen (secondary N) is 2. The van der Waals surface area contributed by atoms with Gasteiger partial charge in [-0.1, -0.05) is 30.4 Å². The first-order valence-electron chi connectivity index (χ1n) is 11.2. The molecule has 0 aliphatic heterocycles. The van der Waals surface area contributed by atoms with E-state index in [1.165, 1.54) is 44.4 Å². The zero-order valence-electron chi connectivity index (χ0n) is 19.7. The molecule has 1 unspecified atom stereocenters. The van der Waals surface area contributed by atoms with Crippen molar-refractivity contribution in [2.24, 2.45) is 0 Å². The fourth-order valence-corrected chi connectivity index (χ4v) is 3.77. The molecule has 1 saturated carbocycles. The Balaban J connectivity index is 1.64. The smallest absolute Gasteiger partial charge is 0.275 e. The van der Waals surface area contributed by atoms with Gasteiger partial charge in [-0.15, -0.1) is 0 Å². The number of carbonyl (C=O) groups is 3. The molecule has 3 rings (SSSR count). The van der Waals surface area contributed by atoms with E-state index in [0.717, 1.165) is 22.6 Å². The van der Waals surface area contributed by atoms with E-state index >= 15 is 0 Å². The summed E-state index contributed by atoms with van der Waals surface area (Å²) in [5, 5.41) is 11.2. The van der Waals surface area contributed by atoms with Gasteiger partial charge in [0.15, 0.2) is 6.04 Å². The van der Waals surface area contributed by atoms with Gasteiger partial charge in [0.05, 0.1) is 0 Å². The standard InChI is InChI=1S/C26H30N4O4/c1-27-24(31)23(25(32)28-34)30(3)26(33)21-15-13-19(14-16-21)8-7-18-9-11-20(12-10-18)17-29(2)22-5-4-6-22/h9-16,22-23,34H,4-6,17H2,1-3H3,(H,27,31)(H,28,32). The minimum absolute atomic E-state index is 0.285. The van der Waals surface area contributed by atoms with Crippen LogP contribution in [0, 0.1) is 11.8 Å². The molecule has 1 aliphatic rings. The summed E-state index contributed by atoms with van der Waals surface area (Å²) in [6.45, 7) is 0.934. The fourth-order valence-electron chi connectivity index (χ4n) is 3.77. The third-order valence-corrected chi connectivity index (χ3v) is 6.13. The lowest BCUT2D eigenvalue weighted by Crippen LogP contribution is -2.54. The normalized spacial score (nSPS) is 13.8. The molecule has 2 aromatic rings. The van der Waals surface area contributed by atoms with Crippen LogP contribution >= 0.6 is 0 Å². The first-order valence-corrected chi connectivity index (χ1v) is 11.2. The summed E-state index contributed by atoms with van der Waals surface area (Å²) in [4.78, 5) is 39.9. The van der Waals surface area contributed by atoms with E-state index in [-0.39, 0.29) is 5.56 Å². The number of nitrogens with zero attached hydrogens (tertiary/aromatic N) is 2. The maximum atomic E-state index is 12.7. The lowest BCUT2D eigenvalue weighted by molar-refractivity contribution is -0.140. The zero-order valence-corrected chi connectivity index (χ0v) is 19.7. The van der Waals surface area contributed by atoms with Crippen LogP contribution in [0.2, 0.25) is 0 Å². The summed E-state index contributed by atoms with van der Waals surface area (Å²) >= 11 is 0. The van der Waals surface area contributed by atoms with Gasteiger partial charge in [0, 0.05) is 43.4 Å². The highest BCUT2D eigenvalue weighted by atomic mass is 16.5. The number of amides is 3. The van der Waals surface area contributed by atoms with Crippen molar-refractivity contribution in [3.8, 4) is 11.8 Å². The lowest BCUT2D eigenvalue weighted by atomic mass is 9.91. The quantitative estimate of drug-likeness (QED) is 0.252. The summed E-state index contributed by atoms with van der Waals surface area (Å²) in [5.74, 6) is 3.95. The molecule has 34 heavy (non-hydrogen) atoms. The number of carbonyl (C=O) groups excluding carboxylic acids is 3. The summed E-state index contributed by atoms with van der Waals surface area (Å²) < 4.78 is 0. The van der Waals surface area contributed by atoms with Gasteiger partial charge in [0.25, 0.3) is 17.7 Å². The molecule has 0 bridgehead atoms. The van der Waals surface area contributed by atoms with E-state index in [9.17, 15) is 14.4 Å². The summed E-state index contributed by atoms with van der Waals surface area (Å²) in [7, 11) is 4.83. The molecule has 178 valence electrons. The minimum Gasteiger partial charge on any atom is -0.357 e. The van der Waals surface area contributed by atoms with Crippen LogP contribution in [0.1, 0.15) is 46.3 Å². The Labute approximate surface area is 199 Å². The van der Waals surface area contributed by atoms with E-state index in [0.29, 0.717) is 6.04 Å². The monoisotopic (exact) mass is 462 g/mol. The molecule has 1 atom stereocenters. The molecule has 1 fully saturated rings. The van der Waals surface area contributed by atoms with Crippen molar-refractivity contribution in [2.45, 2.75) is 37.9 Å². The highest BCUT2D eigenvalue weighted by Gasteiger charge is 2.33. The Kier molecular flexibility index (Phi) is 8.41. The van der Waals surface area contributed by atoms with Gasteiger partial charge in [-0.05, 0) is 61.9 Å². The van der Waals surface area contributed by atoms with Crippen LogP contribution in [0.3, 0.4) is 0 Å². The highest BCUT2D eigenvalue weighted by Crippen LogP contribution is 2.24. The Morgan fingerprint density at radius 1 is 0.971 bits per heavy atom. The maximum Gasteiger partial charge on any atom is 0.275 e. The van der Waals surface area contributed by atoms with Crippen LogP contribution in [0.4, 0.5) is 0 Å². The Hall–Kier alpha value is -3.67. The Morgan fingerprint density at radius 3 is 2.00 bits per heavy atom. The molecule has 0 saturated heterocycles. The average molecular weight is 463 g/mol. The second-order valence-electron chi connectivity index (χ2n) is 8.43. The van der Waals surface area contributed by atoms with Gasteiger partial charge < -0.3 is 10.2 Å². The number of likely N-dealkylation sites (N-methyl/N-ethyl adjacent to an activating group) is 2. The summed E-state index contributed by atoms with van der Waals surface area (Å²) in [6, 6.07) is 14.0. The van der Waals surface area contributed by atoms with Crippen LogP contribution in [0.5, 0.6) is 0 Å². The third kappa shape index (κ3) is 6.01. The van der Waals surface area contributed by atoms with Crippen molar-refractivity contribution in [3.63, 3.8) is 0 Å². The van der Waals surface area contributed by atoms with Crippen LogP contribution < -0.4 is 10.8 Å². The summed E-state index contributed by atoms with van der Waals surface area (Å²) in [5.41, 5.74) is 4.59. The first kappa shape index (κ1) is 25.0.